The topological polar surface area (TPSA) is 32.8 Å². The highest BCUT2D eigenvalue weighted by molar-refractivity contribution is 7.00. The zero-order chi connectivity index (χ0) is 44.6. The van der Waals surface area contributed by atoms with Gasteiger partial charge in [0.05, 0.1) is 22.4 Å². The third-order valence-electron chi connectivity index (χ3n) is 16.4. The van der Waals surface area contributed by atoms with Gasteiger partial charge >= 0.3 is 0 Å². The lowest BCUT2D eigenvalue weighted by Gasteiger charge is -2.46. The SMILES string of the molecule is Cc1cc2c3c(c1)N(c1cccc4oc5ccccc5c14)c1c(oc4cc5c(cc14)C(C)(C)CCC5(C)C)B3c1cc3c(cc1N2c1ccc(C(C)(C)C)cc1)C(C)(C)CCC3(C)C. The van der Waals surface area contributed by atoms with Gasteiger partial charge in [0.1, 0.15) is 16.7 Å². The van der Waals surface area contributed by atoms with Gasteiger partial charge in [-0.1, -0.05) is 119 Å². The number of furan rings is 2. The van der Waals surface area contributed by atoms with Crippen LogP contribution in [0.5, 0.6) is 0 Å². The van der Waals surface area contributed by atoms with Gasteiger partial charge in [-0.05, 0) is 165 Å². The Morgan fingerprint density at radius 2 is 1.09 bits per heavy atom. The van der Waals surface area contributed by atoms with Gasteiger partial charge in [-0.2, -0.15) is 0 Å². The third-order valence-corrected chi connectivity index (χ3v) is 16.4. The van der Waals surface area contributed by atoms with E-state index in [2.05, 4.69) is 196 Å². The molecule has 0 spiro atoms. The number of nitrogens with zero attached hydrogens (tertiary/aromatic N) is 2. The van der Waals surface area contributed by atoms with Crippen LogP contribution in [0.15, 0.2) is 112 Å². The van der Waals surface area contributed by atoms with E-state index in [1.807, 2.05) is 0 Å². The molecule has 6 aromatic carbocycles. The quantitative estimate of drug-likeness (QED) is 0.162. The molecule has 4 heterocycles. The summed E-state index contributed by atoms with van der Waals surface area (Å²) >= 11 is 0. The van der Waals surface area contributed by atoms with Crippen LogP contribution in [0.4, 0.5) is 34.1 Å². The molecular formula is C59H61BN2O2. The van der Waals surface area contributed by atoms with Crippen LogP contribution in [0.3, 0.4) is 0 Å². The van der Waals surface area contributed by atoms with Crippen molar-refractivity contribution in [2.45, 2.75) is 136 Å². The summed E-state index contributed by atoms with van der Waals surface area (Å²) in [6.07, 6.45) is 4.60. The molecule has 322 valence electrons. The molecule has 2 aromatic heterocycles. The molecule has 4 nitrogen and oxygen atoms in total. The van der Waals surface area contributed by atoms with Gasteiger partial charge in [-0.3, -0.25) is 0 Å². The molecule has 0 saturated carbocycles. The number of hydrogen-bond donors (Lipinski definition) is 0. The Bertz CT molecular complexity index is 3290. The lowest BCUT2D eigenvalue weighted by molar-refractivity contribution is 0.332. The number of fused-ring (bicyclic) bond motifs is 11. The summed E-state index contributed by atoms with van der Waals surface area (Å²) in [5.41, 5.74) is 22.0. The standard InChI is InChI=1S/C59H61BN2O2/c1-34-28-46-52-47(29-34)62(44-17-15-19-49-51(44)37-16-13-14-18-48(37)63-49)53-38-30-39-42(59(11,12)27-24-56(39,5)6)33-50(38)64-54(53)60(52)43-31-40-41(58(9,10)26-25-57(40,7)8)32-45(43)61(46)36-22-20-35(21-23-36)55(2,3)4/h13-23,28-33H,24-27H2,1-12H3. The molecule has 0 N–H and O–H groups in total. The van der Waals surface area contributed by atoms with E-state index < -0.39 is 0 Å². The number of hydrogen-bond acceptors (Lipinski definition) is 4. The smallest absolute Gasteiger partial charge is 0.297 e. The van der Waals surface area contributed by atoms with Crippen LogP contribution in [0.1, 0.15) is 135 Å². The number of aryl methyl sites for hydroxylation is 1. The summed E-state index contributed by atoms with van der Waals surface area (Å²) in [5.74, 6) is 0. The summed E-state index contributed by atoms with van der Waals surface area (Å²) in [6.45, 7) is 28.6. The van der Waals surface area contributed by atoms with Crippen LogP contribution in [0, 0.1) is 6.92 Å². The van der Waals surface area contributed by atoms with E-state index in [0.29, 0.717) is 0 Å². The molecule has 0 saturated heterocycles. The van der Waals surface area contributed by atoms with Crippen molar-refractivity contribution in [3.05, 3.63) is 137 Å². The third kappa shape index (κ3) is 5.48. The first-order valence-corrected chi connectivity index (χ1v) is 23.8. The van der Waals surface area contributed by atoms with Gasteiger partial charge in [0.15, 0.2) is 0 Å². The van der Waals surface area contributed by atoms with Gasteiger partial charge < -0.3 is 18.6 Å². The maximum atomic E-state index is 7.63. The van der Waals surface area contributed by atoms with Crippen molar-refractivity contribution in [1.29, 1.82) is 0 Å². The molecule has 2 aliphatic heterocycles. The van der Waals surface area contributed by atoms with E-state index >= 15 is 0 Å². The summed E-state index contributed by atoms with van der Waals surface area (Å²) in [7, 11) is 0. The first-order chi connectivity index (χ1) is 30.2. The van der Waals surface area contributed by atoms with E-state index in [1.165, 1.54) is 72.4 Å². The Labute approximate surface area is 379 Å². The van der Waals surface area contributed by atoms with Crippen molar-refractivity contribution in [2.75, 3.05) is 9.80 Å². The van der Waals surface area contributed by atoms with Crippen molar-refractivity contribution in [2.24, 2.45) is 0 Å². The molecule has 5 heteroatoms. The summed E-state index contributed by atoms with van der Waals surface area (Å²) in [4.78, 5) is 5.16. The molecule has 0 amide bonds. The molecule has 12 rings (SSSR count). The largest absolute Gasteiger partial charge is 0.468 e. The first-order valence-electron chi connectivity index (χ1n) is 23.8. The van der Waals surface area contributed by atoms with Crippen LogP contribution in [-0.4, -0.2) is 6.71 Å². The summed E-state index contributed by atoms with van der Waals surface area (Å²) in [5, 5.41) is 3.42. The predicted molar refractivity (Wildman–Crippen MR) is 272 cm³/mol. The van der Waals surface area contributed by atoms with Crippen LogP contribution >= 0.6 is 0 Å². The van der Waals surface area contributed by atoms with Gasteiger partial charge in [-0.15, -0.1) is 0 Å². The Morgan fingerprint density at radius 1 is 0.516 bits per heavy atom. The van der Waals surface area contributed by atoms with E-state index in [-0.39, 0.29) is 33.8 Å². The number of anilines is 6. The fourth-order valence-electron chi connectivity index (χ4n) is 12.3. The first kappa shape index (κ1) is 39.9. The maximum absolute atomic E-state index is 7.63. The normalized spacial score (nSPS) is 18.8. The van der Waals surface area contributed by atoms with Crippen LogP contribution in [-0.2, 0) is 27.1 Å². The van der Waals surface area contributed by atoms with Crippen molar-refractivity contribution >= 4 is 90.3 Å². The Morgan fingerprint density at radius 3 is 1.75 bits per heavy atom. The van der Waals surface area contributed by atoms with Gasteiger partial charge in [0.2, 0.25) is 0 Å². The average molecular weight is 841 g/mol. The molecule has 4 aliphatic rings. The molecule has 0 radical (unpaired) electrons. The van der Waals surface area contributed by atoms with Crippen molar-refractivity contribution in [1.82, 2.24) is 0 Å². The number of rotatable bonds is 2. The Kier molecular flexibility index (Phi) is 7.96. The Balaban J connectivity index is 1.24. The van der Waals surface area contributed by atoms with Gasteiger partial charge in [0.25, 0.3) is 6.71 Å². The van der Waals surface area contributed by atoms with Crippen LogP contribution in [0.25, 0.3) is 32.9 Å². The highest BCUT2D eigenvalue weighted by atomic mass is 16.3. The minimum Gasteiger partial charge on any atom is -0.468 e. The van der Waals surface area contributed by atoms with E-state index in [1.54, 1.807) is 0 Å². The average Bonchev–Trinajstić information content (AvgIpc) is 3.82. The fourth-order valence-corrected chi connectivity index (χ4v) is 12.3. The molecule has 64 heavy (non-hydrogen) atoms. The lowest BCUT2D eigenvalue weighted by Crippen LogP contribution is -2.61. The second-order valence-electron chi connectivity index (χ2n) is 23.6. The monoisotopic (exact) mass is 840 g/mol. The second kappa shape index (κ2) is 12.8. The zero-order valence-electron chi connectivity index (χ0n) is 39.9. The molecular weight excluding hydrogens is 779 g/mol. The molecule has 0 bridgehead atoms. The summed E-state index contributed by atoms with van der Waals surface area (Å²) in [6, 6.07) is 39.5. The van der Waals surface area contributed by atoms with E-state index in [4.69, 9.17) is 8.83 Å². The molecule has 0 atom stereocenters. The zero-order valence-corrected chi connectivity index (χ0v) is 39.9. The molecule has 2 aliphatic carbocycles. The molecule has 0 fully saturated rings. The minimum absolute atomic E-state index is 0.0288. The fraction of sp³-hybridized carbons (Fsp3) is 0.356. The van der Waals surface area contributed by atoms with Gasteiger partial charge in [-0.25, -0.2) is 0 Å². The van der Waals surface area contributed by atoms with Crippen molar-refractivity contribution < 1.29 is 8.83 Å². The van der Waals surface area contributed by atoms with E-state index in [9.17, 15) is 0 Å². The minimum atomic E-state index is -0.131. The predicted octanol–water partition coefficient (Wildman–Crippen LogP) is 14.7. The highest BCUT2D eigenvalue weighted by Gasteiger charge is 2.50. The molecule has 8 aromatic rings. The van der Waals surface area contributed by atoms with Crippen molar-refractivity contribution in [3.63, 3.8) is 0 Å². The lowest BCUT2D eigenvalue weighted by atomic mass is 9.35. The number of benzene rings is 6. The highest BCUT2D eigenvalue weighted by Crippen LogP contribution is 2.54. The van der Waals surface area contributed by atoms with Crippen LogP contribution < -0.4 is 26.4 Å². The number of para-hydroxylation sites is 1. The maximum Gasteiger partial charge on any atom is 0.297 e. The van der Waals surface area contributed by atoms with Crippen LogP contribution in [0.2, 0.25) is 0 Å². The summed E-state index contributed by atoms with van der Waals surface area (Å²) < 4.78 is 14.3. The second-order valence-corrected chi connectivity index (χ2v) is 23.6. The van der Waals surface area contributed by atoms with Crippen molar-refractivity contribution in [3.8, 4) is 0 Å². The van der Waals surface area contributed by atoms with E-state index in [0.717, 1.165) is 70.2 Å². The van der Waals surface area contributed by atoms with Gasteiger partial charge in [0, 0.05) is 33.5 Å². The molecule has 0 unspecified atom stereocenters. The Hall–Kier alpha value is -5.68.